The van der Waals surface area contributed by atoms with Gasteiger partial charge < -0.3 is 5.11 Å². The summed E-state index contributed by atoms with van der Waals surface area (Å²) >= 11 is 7.81. The second-order valence-corrected chi connectivity index (χ2v) is 14.8. The van der Waals surface area contributed by atoms with E-state index in [1.54, 1.807) is 37.4 Å². The summed E-state index contributed by atoms with van der Waals surface area (Å²) in [4.78, 5) is 59.0. The lowest BCUT2D eigenvalue weighted by Gasteiger charge is -2.49. The van der Waals surface area contributed by atoms with Gasteiger partial charge in [-0.3, -0.25) is 28.8 Å². The zero-order chi connectivity index (χ0) is 33.3. The van der Waals surface area contributed by atoms with Crippen LogP contribution in [0.2, 0.25) is 5.02 Å². The van der Waals surface area contributed by atoms with Gasteiger partial charge >= 0.3 is 0 Å². The molecule has 2 saturated heterocycles. The van der Waals surface area contributed by atoms with Gasteiger partial charge in [0.1, 0.15) is 11.5 Å². The number of aromatic hydroxyl groups is 1. The molecule has 6 atom stereocenters. The SMILES string of the molecule is Cc1c(-c2cc(N3C(=O)[C@@H]4C[C@@H]5C(=CC[C@@H]6C(=O)N(C)C(=O)[C@@H]65)[C@H](c5ccc(O)c(F)c5)[C@]4(C)C3=O)n(C)n2)sc2ccc(Cl)cc12. The quantitative estimate of drug-likeness (QED) is 0.212. The third-order valence-electron chi connectivity index (χ3n) is 11.0. The highest BCUT2D eigenvalue weighted by Crippen LogP contribution is 2.63. The van der Waals surface area contributed by atoms with Gasteiger partial charge in [-0.25, -0.2) is 9.29 Å². The molecule has 0 unspecified atom stereocenters. The number of hydrogen-bond acceptors (Lipinski definition) is 7. The molecule has 8 rings (SSSR count). The summed E-state index contributed by atoms with van der Waals surface area (Å²) < 4.78 is 17.5. The number of nitrogens with zero attached hydrogens (tertiary/aromatic N) is 4. The van der Waals surface area contributed by atoms with E-state index in [0.29, 0.717) is 28.5 Å². The minimum Gasteiger partial charge on any atom is -0.505 e. The highest BCUT2D eigenvalue weighted by atomic mass is 35.5. The maximum atomic E-state index is 14.9. The topological polar surface area (TPSA) is 113 Å². The van der Waals surface area contributed by atoms with Crippen molar-refractivity contribution in [3.63, 3.8) is 0 Å². The molecule has 2 aromatic carbocycles. The minimum atomic E-state index is -1.35. The van der Waals surface area contributed by atoms with Crippen molar-refractivity contribution in [3.8, 4) is 16.3 Å². The van der Waals surface area contributed by atoms with Gasteiger partial charge in [-0.15, -0.1) is 11.3 Å². The van der Waals surface area contributed by atoms with Crippen LogP contribution < -0.4 is 4.90 Å². The lowest BCUT2D eigenvalue weighted by molar-refractivity contribution is -0.138. The number of phenolic OH excluding ortho intramolecular Hbond substituents is 1. The molecule has 0 radical (unpaired) electrons. The molecule has 1 N–H and O–H groups in total. The summed E-state index contributed by atoms with van der Waals surface area (Å²) in [6.07, 6.45) is 2.40. The molecular weight excluding hydrogens is 643 g/mol. The average Bonchev–Trinajstić information content (AvgIpc) is 3.70. The van der Waals surface area contributed by atoms with Crippen LogP contribution in [0.4, 0.5) is 10.2 Å². The van der Waals surface area contributed by atoms with Gasteiger partial charge in [0.2, 0.25) is 23.6 Å². The van der Waals surface area contributed by atoms with Crippen molar-refractivity contribution in [2.45, 2.75) is 32.6 Å². The van der Waals surface area contributed by atoms with E-state index in [1.807, 2.05) is 31.2 Å². The summed E-state index contributed by atoms with van der Waals surface area (Å²) in [7, 11) is 3.16. The van der Waals surface area contributed by atoms with Gasteiger partial charge in [0, 0.05) is 35.8 Å². The van der Waals surface area contributed by atoms with Crippen LogP contribution in [0.3, 0.4) is 0 Å². The molecule has 240 valence electrons. The maximum Gasteiger partial charge on any atom is 0.242 e. The Morgan fingerprint density at radius 2 is 1.79 bits per heavy atom. The monoisotopic (exact) mass is 672 g/mol. The van der Waals surface area contributed by atoms with Crippen LogP contribution in [0.15, 0.2) is 54.1 Å². The van der Waals surface area contributed by atoms with Gasteiger partial charge in [-0.2, -0.15) is 5.10 Å². The Labute approximate surface area is 278 Å². The molecule has 2 aliphatic heterocycles. The van der Waals surface area contributed by atoms with Crippen LogP contribution in [-0.2, 0) is 26.2 Å². The van der Waals surface area contributed by atoms with E-state index in [9.17, 15) is 28.7 Å². The van der Waals surface area contributed by atoms with Crippen molar-refractivity contribution in [3.05, 3.63) is 76.1 Å². The number of rotatable bonds is 3. The van der Waals surface area contributed by atoms with E-state index >= 15 is 0 Å². The number of halogens is 2. The van der Waals surface area contributed by atoms with Crippen molar-refractivity contribution in [1.82, 2.24) is 14.7 Å². The molecule has 0 bridgehead atoms. The first kappa shape index (κ1) is 30.0. The molecule has 47 heavy (non-hydrogen) atoms. The molecule has 4 amide bonds. The van der Waals surface area contributed by atoms with E-state index in [0.717, 1.165) is 31.0 Å². The van der Waals surface area contributed by atoms with Gasteiger partial charge in [-0.05, 0) is 79.5 Å². The number of carbonyl (C=O) groups is 4. The molecule has 12 heteroatoms. The Morgan fingerprint density at radius 3 is 2.53 bits per heavy atom. The second-order valence-electron chi connectivity index (χ2n) is 13.3. The summed E-state index contributed by atoms with van der Waals surface area (Å²) in [5.41, 5.74) is 1.41. The minimum absolute atomic E-state index is 0.190. The lowest BCUT2D eigenvalue weighted by Crippen LogP contribution is -2.48. The number of aromatic nitrogens is 2. The lowest BCUT2D eigenvalue weighted by atomic mass is 9.51. The highest BCUT2D eigenvalue weighted by Gasteiger charge is 2.67. The number of carbonyl (C=O) groups excluding carboxylic acids is 4. The number of allylic oxidation sites excluding steroid dienone is 2. The van der Waals surface area contributed by atoms with E-state index in [4.69, 9.17) is 16.7 Å². The number of hydrogen-bond donors (Lipinski definition) is 1. The number of phenols is 1. The Bertz CT molecular complexity index is 2140. The van der Waals surface area contributed by atoms with Crippen molar-refractivity contribution >= 4 is 62.5 Å². The third-order valence-corrected chi connectivity index (χ3v) is 12.5. The van der Waals surface area contributed by atoms with Gasteiger partial charge in [0.15, 0.2) is 11.6 Å². The normalized spacial score (nSPS) is 28.6. The Balaban J connectivity index is 1.26. The van der Waals surface area contributed by atoms with Crippen LogP contribution in [0.5, 0.6) is 5.75 Å². The fraction of sp³-hybridized carbons (Fsp3) is 0.343. The smallest absolute Gasteiger partial charge is 0.242 e. The van der Waals surface area contributed by atoms with Crippen molar-refractivity contribution < 1.29 is 28.7 Å². The van der Waals surface area contributed by atoms with Crippen LogP contribution in [-0.4, -0.2) is 50.5 Å². The maximum absolute atomic E-state index is 14.9. The Kier molecular flexibility index (Phi) is 6.43. The number of anilines is 1. The van der Waals surface area contributed by atoms with E-state index in [-0.39, 0.29) is 18.2 Å². The van der Waals surface area contributed by atoms with Crippen molar-refractivity contribution in [2.24, 2.45) is 36.1 Å². The van der Waals surface area contributed by atoms with Gasteiger partial charge in [0.25, 0.3) is 0 Å². The standard InChI is InChI=1S/C35H30ClFN4O5S/c1-15-20-12-17(36)6-10-26(20)47-30(15)24-14-27(40(4)38-24)41-32(44)22-13-21-18(7-8-19-28(21)33(45)39(3)31(19)43)29(35(22,2)34(41)46)16-5-9-25(42)23(37)11-16/h5-7,9-12,14,19,21-22,28-29,42H,8,13H2,1-4H3/t19-,21+,22-,28-,29-,35+/m0/s1. The predicted octanol–water partition coefficient (Wildman–Crippen LogP) is 5.97. The molecule has 4 heterocycles. The van der Waals surface area contributed by atoms with Crippen LogP contribution in [0, 0.1) is 41.8 Å². The summed E-state index contributed by atoms with van der Waals surface area (Å²) in [5.74, 6) is -5.89. The molecule has 2 aliphatic carbocycles. The Hall–Kier alpha value is -4.35. The summed E-state index contributed by atoms with van der Waals surface area (Å²) in [6.45, 7) is 3.72. The molecule has 0 spiro atoms. The zero-order valence-corrected chi connectivity index (χ0v) is 27.5. The van der Waals surface area contributed by atoms with E-state index in [2.05, 4.69) is 0 Å². The molecule has 3 fully saturated rings. The largest absolute Gasteiger partial charge is 0.505 e. The first-order valence-corrected chi connectivity index (χ1v) is 16.6. The zero-order valence-electron chi connectivity index (χ0n) is 26.0. The number of amides is 4. The molecule has 1 saturated carbocycles. The number of thiophene rings is 1. The molecular formula is C35H30ClFN4O5S. The molecule has 2 aromatic heterocycles. The summed E-state index contributed by atoms with van der Waals surface area (Å²) in [5, 5.41) is 16.4. The number of benzene rings is 2. The number of fused-ring (bicyclic) bond motifs is 5. The number of likely N-dealkylation sites (tertiary alicyclic amines) is 1. The molecule has 4 aromatic rings. The highest BCUT2D eigenvalue weighted by molar-refractivity contribution is 7.22. The first-order valence-electron chi connectivity index (χ1n) is 15.4. The van der Waals surface area contributed by atoms with Gasteiger partial charge in [-0.1, -0.05) is 29.3 Å². The van der Waals surface area contributed by atoms with Crippen molar-refractivity contribution in [2.75, 3.05) is 11.9 Å². The van der Waals surface area contributed by atoms with Crippen LogP contribution >= 0.6 is 22.9 Å². The number of imide groups is 2. The average molecular weight is 673 g/mol. The first-order chi connectivity index (χ1) is 22.3. The molecule has 9 nitrogen and oxygen atoms in total. The fourth-order valence-electron chi connectivity index (χ4n) is 8.69. The van der Waals surface area contributed by atoms with Gasteiger partial charge in [0.05, 0.1) is 28.0 Å². The second kappa shape index (κ2) is 10.1. The Morgan fingerprint density at radius 1 is 1.02 bits per heavy atom. The molecule has 4 aliphatic rings. The van der Waals surface area contributed by atoms with Crippen LogP contribution in [0.1, 0.15) is 36.8 Å². The van der Waals surface area contributed by atoms with Crippen LogP contribution in [0.25, 0.3) is 20.7 Å². The van der Waals surface area contributed by atoms with E-state index < -0.39 is 58.4 Å². The van der Waals surface area contributed by atoms with Crippen molar-refractivity contribution in [1.29, 1.82) is 0 Å². The third kappa shape index (κ3) is 3.96. The fourth-order valence-corrected chi connectivity index (χ4v) is 10.0. The predicted molar refractivity (Wildman–Crippen MR) is 174 cm³/mol. The number of aryl methyl sites for hydroxylation is 2. The summed E-state index contributed by atoms with van der Waals surface area (Å²) in [6, 6.07) is 11.4. The van der Waals surface area contributed by atoms with E-state index in [1.165, 1.54) is 28.8 Å².